The number of carbonyl (C=O) groups is 1. The quantitative estimate of drug-likeness (QED) is 0.733. The summed E-state index contributed by atoms with van der Waals surface area (Å²) in [6.45, 7) is 10.8. The fourth-order valence-electron chi connectivity index (χ4n) is 2.82. The average molecular weight is 268 g/mol. The molecule has 0 radical (unpaired) electrons. The molecule has 0 aromatic carbocycles. The molecule has 2 atom stereocenters. The van der Waals surface area contributed by atoms with Gasteiger partial charge < -0.3 is 10.2 Å². The molecule has 0 saturated carbocycles. The number of likely N-dealkylation sites (tertiary alicyclic amines) is 1. The number of amides is 1. The van der Waals surface area contributed by atoms with Crippen LogP contribution in [0.25, 0.3) is 0 Å². The highest BCUT2D eigenvalue weighted by molar-refractivity contribution is 5.82. The number of hydrogen-bond acceptors (Lipinski definition) is 2. The number of carbonyl (C=O) groups excluding carboxylic acids is 1. The first-order chi connectivity index (χ1) is 9.06. The lowest BCUT2D eigenvalue weighted by Gasteiger charge is -2.37. The summed E-state index contributed by atoms with van der Waals surface area (Å²) < 4.78 is 0. The van der Waals surface area contributed by atoms with Crippen LogP contribution in [-0.4, -0.2) is 36.0 Å². The van der Waals surface area contributed by atoms with Crippen molar-refractivity contribution in [3.05, 3.63) is 0 Å². The monoisotopic (exact) mass is 268 g/mol. The Morgan fingerprint density at radius 3 is 2.68 bits per heavy atom. The van der Waals surface area contributed by atoms with Gasteiger partial charge in [-0.1, -0.05) is 33.6 Å². The number of hydrogen-bond donors (Lipinski definition) is 1. The van der Waals surface area contributed by atoms with Crippen LogP contribution in [0.3, 0.4) is 0 Å². The maximum atomic E-state index is 12.4. The second-order valence-electron chi connectivity index (χ2n) is 6.35. The maximum Gasteiger partial charge on any atom is 0.239 e. The fourth-order valence-corrected chi connectivity index (χ4v) is 2.82. The molecule has 1 rings (SSSR count). The first kappa shape index (κ1) is 16.5. The van der Waals surface area contributed by atoms with Gasteiger partial charge in [-0.3, -0.25) is 4.79 Å². The molecule has 112 valence electrons. The zero-order chi connectivity index (χ0) is 14.3. The van der Waals surface area contributed by atoms with Crippen LogP contribution >= 0.6 is 0 Å². The Balaban J connectivity index is 2.40. The van der Waals surface area contributed by atoms with Gasteiger partial charge in [-0.25, -0.2) is 0 Å². The molecule has 0 aromatic rings. The summed E-state index contributed by atoms with van der Waals surface area (Å²) in [6.07, 6.45) is 6.88. The molecular formula is C16H32N2O. The highest BCUT2D eigenvalue weighted by Crippen LogP contribution is 2.19. The Kier molecular flexibility index (Phi) is 7.44. The van der Waals surface area contributed by atoms with E-state index in [0.29, 0.717) is 11.9 Å². The molecule has 0 aromatic heterocycles. The van der Waals surface area contributed by atoms with Crippen molar-refractivity contribution >= 4 is 5.91 Å². The molecule has 1 aliphatic heterocycles. The Bertz CT molecular complexity index is 265. The molecular weight excluding hydrogens is 236 g/mol. The van der Waals surface area contributed by atoms with E-state index in [0.717, 1.165) is 44.7 Å². The van der Waals surface area contributed by atoms with Crippen LogP contribution in [0.1, 0.15) is 66.2 Å². The Hall–Kier alpha value is -0.570. The van der Waals surface area contributed by atoms with Gasteiger partial charge in [0.15, 0.2) is 0 Å². The van der Waals surface area contributed by atoms with Crippen molar-refractivity contribution in [2.75, 3.05) is 13.1 Å². The van der Waals surface area contributed by atoms with Gasteiger partial charge in [0.25, 0.3) is 0 Å². The van der Waals surface area contributed by atoms with Crippen LogP contribution in [-0.2, 0) is 4.79 Å². The number of nitrogens with one attached hydrogen (secondary N) is 1. The second-order valence-corrected chi connectivity index (χ2v) is 6.35. The van der Waals surface area contributed by atoms with E-state index in [2.05, 4.69) is 37.9 Å². The average Bonchev–Trinajstić information content (AvgIpc) is 2.37. The van der Waals surface area contributed by atoms with Gasteiger partial charge in [-0.05, 0) is 45.1 Å². The third-order valence-electron chi connectivity index (χ3n) is 4.05. The van der Waals surface area contributed by atoms with Crippen molar-refractivity contribution < 1.29 is 4.79 Å². The topological polar surface area (TPSA) is 32.3 Å². The van der Waals surface area contributed by atoms with Crippen molar-refractivity contribution in [3.8, 4) is 0 Å². The van der Waals surface area contributed by atoms with E-state index in [1.165, 1.54) is 12.8 Å². The third kappa shape index (κ3) is 5.52. The van der Waals surface area contributed by atoms with E-state index < -0.39 is 0 Å². The van der Waals surface area contributed by atoms with Gasteiger partial charge in [-0.15, -0.1) is 0 Å². The molecule has 3 nitrogen and oxygen atoms in total. The third-order valence-corrected chi connectivity index (χ3v) is 4.05. The Morgan fingerprint density at radius 2 is 2.05 bits per heavy atom. The van der Waals surface area contributed by atoms with Crippen LogP contribution in [0.5, 0.6) is 0 Å². The summed E-state index contributed by atoms with van der Waals surface area (Å²) in [5, 5.41) is 3.39. The van der Waals surface area contributed by atoms with Crippen molar-refractivity contribution in [3.63, 3.8) is 0 Å². The van der Waals surface area contributed by atoms with E-state index in [-0.39, 0.29) is 6.04 Å². The minimum Gasteiger partial charge on any atom is -0.339 e. The van der Waals surface area contributed by atoms with Crippen molar-refractivity contribution in [2.24, 2.45) is 5.92 Å². The number of piperidine rings is 1. The summed E-state index contributed by atoms with van der Waals surface area (Å²) in [4.78, 5) is 14.5. The predicted octanol–water partition coefficient (Wildman–Crippen LogP) is 3.19. The first-order valence-electron chi connectivity index (χ1n) is 8.10. The molecule has 0 spiro atoms. The normalized spacial score (nSPS) is 22.1. The molecule has 1 N–H and O–H groups in total. The summed E-state index contributed by atoms with van der Waals surface area (Å²) in [7, 11) is 0. The molecule has 1 fully saturated rings. The highest BCUT2D eigenvalue weighted by Gasteiger charge is 2.30. The second kappa shape index (κ2) is 8.57. The lowest BCUT2D eigenvalue weighted by atomic mass is 9.99. The van der Waals surface area contributed by atoms with Gasteiger partial charge in [-0.2, -0.15) is 0 Å². The van der Waals surface area contributed by atoms with Gasteiger partial charge in [0.05, 0.1) is 6.04 Å². The van der Waals surface area contributed by atoms with Gasteiger partial charge in [0, 0.05) is 12.6 Å². The van der Waals surface area contributed by atoms with Crippen LogP contribution in [0.4, 0.5) is 0 Å². The summed E-state index contributed by atoms with van der Waals surface area (Å²) >= 11 is 0. The molecule has 1 saturated heterocycles. The minimum atomic E-state index is 0.0706. The molecule has 3 heteroatoms. The van der Waals surface area contributed by atoms with Crippen molar-refractivity contribution in [1.29, 1.82) is 0 Å². The molecule has 19 heavy (non-hydrogen) atoms. The molecule has 0 aliphatic carbocycles. The van der Waals surface area contributed by atoms with E-state index in [1.54, 1.807) is 0 Å². The lowest BCUT2D eigenvalue weighted by Crippen LogP contribution is -2.53. The lowest BCUT2D eigenvalue weighted by molar-refractivity contribution is -0.138. The first-order valence-corrected chi connectivity index (χ1v) is 8.10. The fraction of sp³-hybridized carbons (Fsp3) is 0.938. The molecule has 2 unspecified atom stereocenters. The zero-order valence-corrected chi connectivity index (χ0v) is 13.2. The maximum absolute atomic E-state index is 12.4. The Labute approximate surface area is 119 Å². The van der Waals surface area contributed by atoms with Crippen LogP contribution < -0.4 is 5.32 Å². The largest absolute Gasteiger partial charge is 0.339 e. The standard InChI is InChI=1S/C16H32N2O/c1-5-11-17-15-10-7-12-18(16(15)19)14(4)9-6-8-13(2)3/h13-15,17H,5-12H2,1-4H3. The van der Waals surface area contributed by atoms with Gasteiger partial charge in [0.1, 0.15) is 0 Å². The highest BCUT2D eigenvalue weighted by atomic mass is 16.2. The van der Waals surface area contributed by atoms with Gasteiger partial charge in [0.2, 0.25) is 5.91 Å². The van der Waals surface area contributed by atoms with E-state index in [1.807, 2.05) is 0 Å². The minimum absolute atomic E-state index is 0.0706. The summed E-state index contributed by atoms with van der Waals surface area (Å²) in [5.74, 6) is 1.10. The van der Waals surface area contributed by atoms with Crippen LogP contribution in [0.2, 0.25) is 0 Å². The van der Waals surface area contributed by atoms with E-state index in [4.69, 9.17) is 0 Å². The smallest absolute Gasteiger partial charge is 0.239 e. The Morgan fingerprint density at radius 1 is 1.32 bits per heavy atom. The van der Waals surface area contributed by atoms with E-state index >= 15 is 0 Å². The molecule has 1 aliphatic rings. The number of rotatable bonds is 8. The van der Waals surface area contributed by atoms with Gasteiger partial charge >= 0.3 is 0 Å². The summed E-state index contributed by atoms with van der Waals surface area (Å²) in [5.41, 5.74) is 0. The summed E-state index contributed by atoms with van der Waals surface area (Å²) in [6, 6.07) is 0.471. The molecule has 1 amide bonds. The zero-order valence-electron chi connectivity index (χ0n) is 13.2. The SMILES string of the molecule is CCCNC1CCCN(C(C)CCCC(C)C)C1=O. The number of nitrogens with zero attached hydrogens (tertiary/aromatic N) is 1. The molecule has 1 heterocycles. The van der Waals surface area contributed by atoms with Crippen molar-refractivity contribution in [2.45, 2.75) is 78.3 Å². The van der Waals surface area contributed by atoms with E-state index in [9.17, 15) is 4.79 Å². The van der Waals surface area contributed by atoms with Crippen molar-refractivity contribution in [1.82, 2.24) is 10.2 Å². The predicted molar refractivity (Wildman–Crippen MR) is 81.2 cm³/mol. The molecule has 0 bridgehead atoms. The van der Waals surface area contributed by atoms with Crippen LogP contribution in [0.15, 0.2) is 0 Å². The van der Waals surface area contributed by atoms with Crippen LogP contribution in [0, 0.1) is 5.92 Å².